The van der Waals surface area contributed by atoms with Crippen LogP contribution in [-0.4, -0.2) is 40.9 Å². The summed E-state index contributed by atoms with van der Waals surface area (Å²) in [5.74, 6) is 2.98. The molecule has 8 nitrogen and oxygen atoms in total. The zero-order valence-electron chi connectivity index (χ0n) is 23.9. The average molecular weight is 548 g/mol. The number of hydrogen-bond acceptors (Lipinski definition) is 6. The predicted molar refractivity (Wildman–Crippen MR) is 155 cm³/mol. The number of aryl methyl sites for hydroxylation is 1. The molecule has 1 saturated carbocycles. The van der Waals surface area contributed by atoms with Gasteiger partial charge in [0.2, 0.25) is 0 Å². The quantitative estimate of drug-likeness (QED) is 0.346. The van der Waals surface area contributed by atoms with Crippen LogP contribution in [0.1, 0.15) is 61.8 Å². The lowest BCUT2D eigenvalue weighted by atomic mass is 9.88. The molecule has 0 saturated heterocycles. The first-order chi connectivity index (χ1) is 19.4. The van der Waals surface area contributed by atoms with Crippen LogP contribution < -0.4 is 25.5 Å². The first kappa shape index (κ1) is 28.0. The molecule has 1 fully saturated rings. The normalized spacial score (nSPS) is 16.0. The van der Waals surface area contributed by atoms with Gasteiger partial charge in [0, 0.05) is 44.9 Å². The number of nitrogens with zero attached hydrogens (tertiary/aromatic N) is 3. The van der Waals surface area contributed by atoms with E-state index in [9.17, 15) is 9.59 Å². The lowest BCUT2D eigenvalue weighted by molar-refractivity contribution is 0.149. The van der Waals surface area contributed by atoms with Gasteiger partial charge in [-0.05, 0) is 60.6 Å². The standard InChI is InChI=1S/C32H41N3O5/c1-23(26-10-12-28-27(20-26)14-17-39-28)34(21-24-7-5-4-6-8-24)22-25-9-11-29(30(19-25)38-3)40-18-16-35-31(36)13-15-33(2)32(35)37/h9-13,15,19-20,23-24H,4-8,14,16-18,21-22H2,1-3H3. The molecule has 0 spiro atoms. The Balaban J connectivity index is 1.31. The molecule has 0 N–H and O–H groups in total. The lowest BCUT2D eigenvalue weighted by Gasteiger charge is -2.34. The number of hydrogen-bond donors (Lipinski definition) is 0. The highest BCUT2D eigenvalue weighted by molar-refractivity contribution is 5.43. The summed E-state index contributed by atoms with van der Waals surface area (Å²) in [7, 11) is 3.26. The Bertz CT molecular complexity index is 1420. The summed E-state index contributed by atoms with van der Waals surface area (Å²) in [6.45, 7) is 5.29. The highest BCUT2D eigenvalue weighted by Crippen LogP contribution is 2.34. The second-order valence-electron chi connectivity index (χ2n) is 11.1. The zero-order valence-corrected chi connectivity index (χ0v) is 23.9. The maximum Gasteiger partial charge on any atom is 0.330 e. The van der Waals surface area contributed by atoms with E-state index >= 15 is 0 Å². The molecule has 0 radical (unpaired) electrons. The molecule has 3 aromatic rings. The smallest absolute Gasteiger partial charge is 0.330 e. The van der Waals surface area contributed by atoms with Crippen LogP contribution >= 0.6 is 0 Å². The van der Waals surface area contributed by atoms with Gasteiger partial charge in [-0.1, -0.05) is 37.5 Å². The highest BCUT2D eigenvalue weighted by atomic mass is 16.5. The number of ether oxygens (including phenoxy) is 3. The summed E-state index contributed by atoms with van der Waals surface area (Å²) >= 11 is 0. The Kier molecular flexibility index (Phi) is 8.94. The molecule has 1 aliphatic carbocycles. The number of methoxy groups -OCH3 is 1. The Labute approximate surface area is 236 Å². The first-order valence-electron chi connectivity index (χ1n) is 14.5. The van der Waals surface area contributed by atoms with Gasteiger partial charge < -0.3 is 18.8 Å². The van der Waals surface area contributed by atoms with Gasteiger partial charge in [-0.15, -0.1) is 0 Å². The van der Waals surface area contributed by atoms with Crippen LogP contribution in [0, 0.1) is 5.92 Å². The number of benzene rings is 2. The van der Waals surface area contributed by atoms with Crippen molar-refractivity contribution in [2.75, 3.05) is 26.9 Å². The molecular formula is C32H41N3O5. The van der Waals surface area contributed by atoms with Crippen molar-refractivity contribution in [3.05, 3.63) is 86.2 Å². The van der Waals surface area contributed by atoms with E-state index in [-0.39, 0.29) is 30.4 Å². The van der Waals surface area contributed by atoms with E-state index in [0.29, 0.717) is 17.4 Å². The van der Waals surface area contributed by atoms with Gasteiger partial charge in [-0.2, -0.15) is 0 Å². The Hall–Kier alpha value is -3.52. The number of fused-ring (bicyclic) bond motifs is 1. The van der Waals surface area contributed by atoms with Crippen molar-refractivity contribution in [3.63, 3.8) is 0 Å². The van der Waals surface area contributed by atoms with E-state index in [4.69, 9.17) is 14.2 Å². The summed E-state index contributed by atoms with van der Waals surface area (Å²) in [5.41, 5.74) is 3.10. The fourth-order valence-electron chi connectivity index (χ4n) is 5.97. The molecule has 0 bridgehead atoms. The Morgan fingerprint density at radius 3 is 2.67 bits per heavy atom. The second-order valence-corrected chi connectivity index (χ2v) is 11.1. The van der Waals surface area contributed by atoms with Crippen molar-refractivity contribution in [1.29, 1.82) is 0 Å². The summed E-state index contributed by atoms with van der Waals surface area (Å²) in [4.78, 5) is 27.0. The molecule has 1 aromatic heterocycles. The predicted octanol–water partition coefficient (Wildman–Crippen LogP) is 4.71. The maximum atomic E-state index is 12.3. The van der Waals surface area contributed by atoms with Crippen LogP contribution in [0.25, 0.3) is 0 Å². The minimum Gasteiger partial charge on any atom is -0.493 e. The molecule has 5 rings (SSSR count). The van der Waals surface area contributed by atoms with E-state index in [2.05, 4.69) is 36.1 Å². The van der Waals surface area contributed by atoms with Crippen LogP contribution in [0.3, 0.4) is 0 Å². The third-order valence-electron chi connectivity index (χ3n) is 8.39. The van der Waals surface area contributed by atoms with Crippen molar-refractivity contribution in [2.24, 2.45) is 13.0 Å². The van der Waals surface area contributed by atoms with Crippen molar-refractivity contribution in [2.45, 2.75) is 64.6 Å². The largest absolute Gasteiger partial charge is 0.493 e. The van der Waals surface area contributed by atoms with E-state index in [1.54, 1.807) is 14.2 Å². The third-order valence-corrected chi connectivity index (χ3v) is 8.39. The topological polar surface area (TPSA) is 74.9 Å². The molecule has 8 heteroatoms. The summed E-state index contributed by atoms with van der Waals surface area (Å²) in [6.07, 6.45) is 9.04. The van der Waals surface area contributed by atoms with Crippen LogP contribution in [0.15, 0.2) is 58.3 Å². The number of aromatic nitrogens is 2. The monoisotopic (exact) mass is 547 g/mol. The van der Waals surface area contributed by atoms with E-state index in [0.717, 1.165) is 37.4 Å². The summed E-state index contributed by atoms with van der Waals surface area (Å²) in [5, 5.41) is 0. The van der Waals surface area contributed by atoms with Gasteiger partial charge in [0.1, 0.15) is 12.4 Å². The van der Waals surface area contributed by atoms with Gasteiger partial charge >= 0.3 is 5.69 Å². The molecule has 214 valence electrons. The molecular weight excluding hydrogens is 506 g/mol. The molecule has 1 unspecified atom stereocenters. The summed E-state index contributed by atoms with van der Waals surface area (Å²) in [6, 6.07) is 14.4. The molecule has 40 heavy (non-hydrogen) atoms. The fourth-order valence-corrected chi connectivity index (χ4v) is 5.97. The third kappa shape index (κ3) is 6.44. The van der Waals surface area contributed by atoms with Crippen LogP contribution in [-0.2, 0) is 26.6 Å². The SMILES string of the molecule is COc1cc(CN(CC2CCCCC2)C(C)c2ccc3c(c2)CCO3)ccc1OCCn1c(=O)ccn(C)c1=O. The summed E-state index contributed by atoms with van der Waals surface area (Å²) < 4.78 is 20.0. The van der Waals surface area contributed by atoms with Crippen LogP contribution in [0.5, 0.6) is 17.2 Å². The Morgan fingerprint density at radius 1 is 1.05 bits per heavy atom. The first-order valence-corrected chi connectivity index (χ1v) is 14.5. The Morgan fingerprint density at radius 2 is 1.88 bits per heavy atom. The minimum atomic E-state index is -0.360. The maximum absolute atomic E-state index is 12.3. The average Bonchev–Trinajstić information content (AvgIpc) is 3.45. The molecule has 0 amide bonds. The fraction of sp³-hybridized carbons (Fsp3) is 0.500. The van der Waals surface area contributed by atoms with Gasteiger partial charge in [-0.3, -0.25) is 14.3 Å². The number of rotatable bonds is 11. The van der Waals surface area contributed by atoms with Gasteiger partial charge in [-0.25, -0.2) is 4.79 Å². The van der Waals surface area contributed by atoms with Gasteiger partial charge in [0.15, 0.2) is 11.5 Å². The van der Waals surface area contributed by atoms with Crippen LogP contribution in [0.4, 0.5) is 0 Å². The van der Waals surface area contributed by atoms with Gasteiger partial charge in [0.25, 0.3) is 5.56 Å². The van der Waals surface area contributed by atoms with E-state index < -0.39 is 0 Å². The van der Waals surface area contributed by atoms with Gasteiger partial charge in [0.05, 0.1) is 20.3 Å². The molecule has 1 aliphatic heterocycles. The minimum absolute atomic E-state index is 0.162. The van der Waals surface area contributed by atoms with E-state index in [1.165, 1.54) is 64.6 Å². The second kappa shape index (κ2) is 12.8. The zero-order chi connectivity index (χ0) is 28.1. The van der Waals surface area contributed by atoms with Crippen molar-refractivity contribution in [3.8, 4) is 17.2 Å². The molecule has 2 aliphatic rings. The van der Waals surface area contributed by atoms with E-state index in [1.807, 2.05) is 12.1 Å². The lowest BCUT2D eigenvalue weighted by Crippen LogP contribution is -2.39. The van der Waals surface area contributed by atoms with Crippen LogP contribution in [0.2, 0.25) is 0 Å². The molecule has 2 aromatic carbocycles. The van der Waals surface area contributed by atoms with Crippen molar-refractivity contribution in [1.82, 2.24) is 14.0 Å². The highest BCUT2D eigenvalue weighted by Gasteiger charge is 2.24. The molecule has 1 atom stereocenters. The van der Waals surface area contributed by atoms with Crippen molar-refractivity contribution < 1.29 is 14.2 Å². The van der Waals surface area contributed by atoms with Crippen molar-refractivity contribution >= 4 is 0 Å². The molecule has 2 heterocycles.